The summed E-state index contributed by atoms with van der Waals surface area (Å²) in [6, 6.07) is 13.5. The van der Waals surface area contributed by atoms with Crippen molar-refractivity contribution < 1.29 is 9.53 Å². The first-order chi connectivity index (χ1) is 12.2. The first-order valence-corrected chi connectivity index (χ1v) is 8.34. The van der Waals surface area contributed by atoms with Crippen molar-refractivity contribution in [2.24, 2.45) is 10.2 Å². The number of ether oxygens (including phenoxy) is 1. The van der Waals surface area contributed by atoms with Crippen molar-refractivity contribution in [3.05, 3.63) is 59.9 Å². The number of hydrogen-bond acceptors (Lipinski definition) is 5. The molecule has 0 aliphatic rings. The fourth-order valence-corrected chi connectivity index (χ4v) is 2.61. The summed E-state index contributed by atoms with van der Waals surface area (Å²) >= 11 is 0. The molecule has 0 spiro atoms. The summed E-state index contributed by atoms with van der Waals surface area (Å²) < 4.78 is 6.86. The Hall–Kier alpha value is -3.02. The number of esters is 1. The summed E-state index contributed by atoms with van der Waals surface area (Å²) in [7, 11) is 0. The average Bonchev–Trinajstić information content (AvgIpc) is 2.97. The quantitative estimate of drug-likeness (QED) is 0.494. The van der Waals surface area contributed by atoms with Gasteiger partial charge in [0.1, 0.15) is 5.65 Å². The highest BCUT2D eigenvalue weighted by molar-refractivity contribution is 5.74. The first kappa shape index (κ1) is 16.8. The van der Waals surface area contributed by atoms with Gasteiger partial charge in [-0.25, -0.2) is 4.98 Å². The van der Waals surface area contributed by atoms with E-state index in [1.54, 1.807) is 6.92 Å². The Morgan fingerprint density at radius 2 is 1.92 bits per heavy atom. The van der Waals surface area contributed by atoms with Crippen molar-refractivity contribution >= 4 is 23.1 Å². The van der Waals surface area contributed by atoms with Gasteiger partial charge in [0.05, 0.1) is 24.4 Å². The Morgan fingerprint density at radius 1 is 1.12 bits per heavy atom. The van der Waals surface area contributed by atoms with Crippen LogP contribution >= 0.6 is 0 Å². The molecule has 0 aliphatic heterocycles. The number of fused-ring (bicyclic) bond motifs is 1. The number of benzene rings is 1. The van der Waals surface area contributed by atoms with E-state index >= 15 is 0 Å². The predicted octanol–water partition coefficient (Wildman–Crippen LogP) is 4.42. The standard InChI is InChI=1S/C19H20N4O2/c1-3-14-9-5-6-10-15(14)21-22-19-16(13-18(24)25-4-2)20-17-11-7-8-12-23(17)19/h5-12H,3-4,13H2,1-2H3. The predicted molar refractivity (Wildman–Crippen MR) is 95.5 cm³/mol. The van der Waals surface area contributed by atoms with Crippen LogP contribution in [0.3, 0.4) is 0 Å². The molecule has 25 heavy (non-hydrogen) atoms. The third-order valence-electron chi connectivity index (χ3n) is 3.82. The maximum atomic E-state index is 11.9. The fraction of sp³-hybridized carbons (Fsp3) is 0.263. The summed E-state index contributed by atoms with van der Waals surface area (Å²) in [5.41, 5.74) is 3.21. The maximum Gasteiger partial charge on any atom is 0.312 e. The number of hydrogen-bond donors (Lipinski definition) is 0. The molecule has 2 aromatic heterocycles. The van der Waals surface area contributed by atoms with Crippen molar-refractivity contribution in [2.45, 2.75) is 26.7 Å². The van der Waals surface area contributed by atoms with E-state index in [-0.39, 0.29) is 12.4 Å². The Balaban J connectivity index is 2.01. The molecular weight excluding hydrogens is 316 g/mol. The van der Waals surface area contributed by atoms with Crippen molar-refractivity contribution in [1.82, 2.24) is 9.38 Å². The van der Waals surface area contributed by atoms with Crippen LogP contribution in [0.25, 0.3) is 5.65 Å². The monoisotopic (exact) mass is 336 g/mol. The Kier molecular flexibility index (Phi) is 5.18. The molecule has 0 N–H and O–H groups in total. The number of azo groups is 1. The van der Waals surface area contributed by atoms with Gasteiger partial charge in [0.15, 0.2) is 5.82 Å². The highest BCUT2D eigenvalue weighted by atomic mass is 16.5. The molecule has 2 heterocycles. The summed E-state index contributed by atoms with van der Waals surface area (Å²) in [4.78, 5) is 16.4. The molecule has 0 amide bonds. The molecule has 3 rings (SSSR count). The Labute approximate surface area is 146 Å². The van der Waals surface area contributed by atoms with E-state index in [4.69, 9.17) is 4.74 Å². The molecule has 0 radical (unpaired) electrons. The minimum atomic E-state index is -0.323. The average molecular weight is 336 g/mol. The van der Waals surface area contributed by atoms with Gasteiger partial charge >= 0.3 is 5.97 Å². The van der Waals surface area contributed by atoms with Crippen LogP contribution in [0.2, 0.25) is 0 Å². The summed E-state index contributed by atoms with van der Waals surface area (Å²) in [6.07, 6.45) is 2.80. The Bertz CT molecular complexity index is 915. The van der Waals surface area contributed by atoms with E-state index in [0.29, 0.717) is 18.1 Å². The largest absolute Gasteiger partial charge is 0.466 e. The van der Waals surface area contributed by atoms with Gasteiger partial charge in [0, 0.05) is 6.20 Å². The number of nitrogens with zero attached hydrogens (tertiary/aromatic N) is 4. The molecule has 0 saturated heterocycles. The minimum Gasteiger partial charge on any atom is -0.466 e. The topological polar surface area (TPSA) is 68.3 Å². The number of aromatic nitrogens is 2. The second-order valence-corrected chi connectivity index (χ2v) is 5.48. The molecule has 0 atom stereocenters. The molecule has 6 nitrogen and oxygen atoms in total. The molecular formula is C19H20N4O2. The molecule has 0 saturated carbocycles. The second kappa shape index (κ2) is 7.70. The van der Waals surface area contributed by atoms with Crippen LogP contribution in [0.15, 0.2) is 58.9 Å². The van der Waals surface area contributed by atoms with Gasteiger partial charge in [-0.1, -0.05) is 31.2 Å². The van der Waals surface area contributed by atoms with Crippen LogP contribution in [0.4, 0.5) is 11.5 Å². The summed E-state index contributed by atoms with van der Waals surface area (Å²) in [5.74, 6) is 0.228. The van der Waals surface area contributed by atoms with Crippen molar-refractivity contribution in [1.29, 1.82) is 0 Å². The lowest BCUT2D eigenvalue weighted by molar-refractivity contribution is -0.142. The smallest absolute Gasteiger partial charge is 0.312 e. The van der Waals surface area contributed by atoms with E-state index in [0.717, 1.165) is 23.3 Å². The number of aryl methyl sites for hydroxylation is 1. The molecule has 3 aromatic rings. The first-order valence-electron chi connectivity index (χ1n) is 8.34. The van der Waals surface area contributed by atoms with Crippen molar-refractivity contribution in [2.75, 3.05) is 6.61 Å². The van der Waals surface area contributed by atoms with Gasteiger partial charge in [-0.3, -0.25) is 9.20 Å². The molecule has 0 fully saturated rings. The highest BCUT2D eigenvalue weighted by Crippen LogP contribution is 2.26. The van der Waals surface area contributed by atoms with E-state index in [1.807, 2.05) is 53.1 Å². The molecule has 0 aliphatic carbocycles. The zero-order chi connectivity index (χ0) is 17.6. The van der Waals surface area contributed by atoms with E-state index in [1.165, 1.54) is 0 Å². The maximum absolute atomic E-state index is 11.9. The number of pyridine rings is 1. The van der Waals surface area contributed by atoms with Gasteiger partial charge in [-0.05, 0) is 37.1 Å². The molecule has 6 heteroatoms. The van der Waals surface area contributed by atoms with Crippen molar-refractivity contribution in [3.8, 4) is 0 Å². The van der Waals surface area contributed by atoms with Gasteiger partial charge < -0.3 is 4.74 Å². The zero-order valence-corrected chi connectivity index (χ0v) is 14.3. The van der Waals surface area contributed by atoms with Crippen LogP contribution < -0.4 is 0 Å². The van der Waals surface area contributed by atoms with Gasteiger partial charge in [0.25, 0.3) is 0 Å². The fourth-order valence-electron chi connectivity index (χ4n) is 2.61. The number of carbonyl (C=O) groups excluding carboxylic acids is 1. The third-order valence-corrected chi connectivity index (χ3v) is 3.82. The normalized spacial score (nSPS) is 11.3. The van der Waals surface area contributed by atoms with Crippen LogP contribution in [0.1, 0.15) is 25.1 Å². The van der Waals surface area contributed by atoms with Crippen LogP contribution in [-0.4, -0.2) is 22.0 Å². The van der Waals surface area contributed by atoms with Gasteiger partial charge in [0.2, 0.25) is 0 Å². The SMILES string of the molecule is CCOC(=O)Cc1nc2ccccn2c1N=Nc1ccccc1CC. The zero-order valence-electron chi connectivity index (χ0n) is 14.3. The van der Waals surface area contributed by atoms with Crippen LogP contribution in [0.5, 0.6) is 0 Å². The molecule has 128 valence electrons. The van der Waals surface area contributed by atoms with Gasteiger partial charge in [-0.15, -0.1) is 10.2 Å². The van der Waals surface area contributed by atoms with Crippen molar-refractivity contribution in [3.63, 3.8) is 0 Å². The summed E-state index contributed by atoms with van der Waals surface area (Å²) in [5, 5.41) is 8.80. The highest BCUT2D eigenvalue weighted by Gasteiger charge is 2.16. The second-order valence-electron chi connectivity index (χ2n) is 5.48. The Morgan fingerprint density at radius 3 is 2.72 bits per heavy atom. The van der Waals surface area contributed by atoms with Crippen LogP contribution in [0, 0.1) is 0 Å². The number of rotatable bonds is 6. The lowest BCUT2D eigenvalue weighted by atomic mass is 10.1. The lowest BCUT2D eigenvalue weighted by Crippen LogP contribution is -2.07. The molecule has 0 bridgehead atoms. The van der Waals surface area contributed by atoms with E-state index in [2.05, 4.69) is 22.1 Å². The van der Waals surface area contributed by atoms with Crippen LogP contribution in [-0.2, 0) is 22.4 Å². The van der Waals surface area contributed by atoms with E-state index < -0.39 is 0 Å². The van der Waals surface area contributed by atoms with Gasteiger partial charge in [-0.2, -0.15) is 0 Å². The third kappa shape index (κ3) is 3.74. The molecule has 1 aromatic carbocycles. The molecule has 0 unspecified atom stereocenters. The number of carbonyl (C=O) groups is 1. The van der Waals surface area contributed by atoms with E-state index in [9.17, 15) is 4.79 Å². The summed E-state index contributed by atoms with van der Waals surface area (Å²) in [6.45, 7) is 4.20. The minimum absolute atomic E-state index is 0.0687. The lowest BCUT2D eigenvalue weighted by Gasteiger charge is -2.02. The number of imidazole rings is 1.